The molecular formula is H4CrNO2. The van der Waals surface area contributed by atoms with Crippen LogP contribution in [0.1, 0.15) is 0 Å². The van der Waals surface area contributed by atoms with E-state index in [0.29, 0.717) is 0 Å². The van der Waals surface area contributed by atoms with Gasteiger partial charge in [-0.1, -0.05) is 0 Å². The molecule has 27 valence electrons. The van der Waals surface area contributed by atoms with Gasteiger partial charge in [0.05, 0.1) is 0 Å². The molecule has 4 N–H and O–H groups in total. The van der Waals surface area contributed by atoms with E-state index in [1.807, 2.05) is 0 Å². The van der Waals surface area contributed by atoms with Crippen LogP contribution in [-0.4, -0.2) is 5.48 Å². The second-order valence-electron chi connectivity index (χ2n) is 0. The van der Waals surface area contributed by atoms with Crippen LogP contribution in [0.15, 0.2) is 0 Å². The Balaban J connectivity index is 0. The van der Waals surface area contributed by atoms with Gasteiger partial charge >= 0.3 is 17.4 Å². The van der Waals surface area contributed by atoms with E-state index in [1.54, 1.807) is 0 Å². The predicted molar refractivity (Wildman–Crippen MR) is 7.64 cm³/mol. The molecule has 4 heteroatoms. The molecule has 1 radical (unpaired) electrons. The first-order chi connectivity index (χ1) is 0. The monoisotopic (exact) mass is 102 g/mol. The Morgan fingerprint density at radius 3 is 1.00 bits per heavy atom. The van der Waals surface area contributed by atoms with Gasteiger partial charge in [0, 0.05) is 0 Å². The largest absolute Gasteiger partial charge is 3.00 e. The zero-order valence-electron chi connectivity index (χ0n) is 1.97. The van der Waals surface area contributed by atoms with Crippen molar-refractivity contribution in [3.63, 3.8) is 0 Å². The molecule has 0 bridgehead atoms. The van der Waals surface area contributed by atoms with Crippen molar-refractivity contribution in [2.75, 3.05) is 0 Å². The molecule has 0 fully saturated rings. The zero-order valence-corrected chi connectivity index (χ0v) is 3.25. The first kappa shape index (κ1) is 302. The molecule has 3 nitrogen and oxygen atoms in total. The third-order valence-corrected chi connectivity index (χ3v) is 0. The van der Waals surface area contributed by atoms with Gasteiger partial charge in [-0.3, -0.25) is 0 Å². The summed E-state index contributed by atoms with van der Waals surface area (Å²) in [6, 6.07) is 0. The Bertz CT molecular complexity index is 6.00. The van der Waals surface area contributed by atoms with Crippen molar-refractivity contribution in [3.05, 3.63) is 0 Å². The molecular weight excluding hydrogens is 98.0 g/mol. The van der Waals surface area contributed by atoms with Gasteiger partial charge in [0.1, 0.15) is 0 Å². The predicted octanol–water partition coefficient (Wildman–Crippen LogP) is -0.136. The summed E-state index contributed by atoms with van der Waals surface area (Å²) in [6.07, 6.45) is 0. The molecule has 0 aromatic carbocycles. The van der Waals surface area contributed by atoms with Crippen LogP contribution in [0.25, 0.3) is 0 Å². The van der Waals surface area contributed by atoms with Crippen molar-refractivity contribution in [1.29, 1.82) is 0 Å². The maximum atomic E-state index is 0. The van der Waals surface area contributed by atoms with E-state index in [1.165, 1.54) is 0 Å². The Kier molecular flexibility index (Phi) is 8810. The fourth-order valence-electron chi connectivity index (χ4n) is 0. The Morgan fingerprint density at radius 2 is 1.00 bits per heavy atom. The number of hydrogen-bond donors (Lipinski definition) is 1. The van der Waals surface area contributed by atoms with E-state index in [2.05, 4.69) is 0 Å². The summed E-state index contributed by atoms with van der Waals surface area (Å²) >= 11 is 0. The molecule has 0 saturated carbocycles. The molecule has 0 aliphatic rings. The SMILES string of the molecule is N.[Cr+3].[O-2].[OH-]. The van der Waals surface area contributed by atoms with Crippen LogP contribution in [-0.2, 0) is 22.8 Å². The molecule has 0 atom stereocenters. The average molecular weight is 102 g/mol. The molecule has 0 unspecified atom stereocenters. The minimum atomic E-state index is 0. The van der Waals surface area contributed by atoms with Crippen LogP contribution in [0, 0.1) is 0 Å². The van der Waals surface area contributed by atoms with Crippen molar-refractivity contribution in [2.24, 2.45) is 0 Å². The van der Waals surface area contributed by atoms with Crippen LogP contribution in [0.4, 0.5) is 0 Å². The molecule has 0 heterocycles. The van der Waals surface area contributed by atoms with Gasteiger partial charge in [-0.25, -0.2) is 0 Å². The molecule has 0 amide bonds. The molecule has 4 heavy (non-hydrogen) atoms. The van der Waals surface area contributed by atoms with Crippen LogP contribution in [0.2, 0.25) is 0 Å². The van der Waals surface area contributed by atoms with Gasteiger partial charge in [-0.05, 0) is 0 Å². The van der Waals surface area contributed by atoms with Crippen molar-refractivity contribution in [1.82, 2.24) is 6.15 Å². The van der Waals surface area contributed by atoms with Gasteiger partial charge in [-0.2, -0.15) is 0 Å². The second kappa shape index (κ2) is 117. The maximum Gasteiger partial charge on any atom is 3.00 e. The summed E-state index contributed by atoms with van der Waals surface area (Å²) in [6.45, 7) is 0. The van der Waals surface area contributed by atoms with Crippen LogP contribution in [0.3, 0.4) is 0 Å². The first-order valence-electron chi connectivity index (χ1n) is 0. The van der Waals surface area contributed by atoms with Crippen molar-refractivity contribution >= 4 is 0 Å². The Hall–Kier alpha value is 0.412. The van der Waals surface area contributed by atoms with Crippen molar-refractivity contribution in [3.8, 4) is 0 Å². The summed E-state index contributed by atoms with van der Waals surface area (Å²) in [5.74, 6) is 0. The van der Waals surface area contributed by atoms with E-state index >= 15 is 0 Å². The minimum absolute atomic E-state index is 0. The van der Waals surface area contributed by atoms with Gasteiger partial charge in [-0.15, -0.1) is 0 Å². The molecule has 0 rings (SSSR count). The van der Waals surface area contributed by atoms with E-state index < -0.39 is 0 Å². The van der Waals surface area contributed by atoms with Gasteiger partial charge in [0.25, 0.3) is 0 Å². The van der Waals surface area contributed by atoms with Crippen LogP contribution in [0.5, 0.6) is 0 Å². The average Bonchev–Trinajstić information content (AvgIpc) is 0. The fourth-order valence-corrected chi connectivity index (χ4v) is 0. The van der Waals surface area contributed by atoms with E-state index in [4.69, 9.17) is 0 Å². The smallest absolute Gasteiger partial charge is 2.00 e. The quantitative estimate of drug-likeness (QED) is 0.461. The van der Waals surface area contributed by atoms with Gasteiger partial charge < -0.3 is 17.1 Å². The van der Waals surface area contributed by atoms with Crippen LogP contribution >= 0.6 is 0 Å². The molecule has 0 aliphatic carbocycles. The third kappa shape index (κ3) is 28.3. The third-order valence-electron chi connectivity index (χ3n) is 0. The standard InChI is InChI=1S/Cr.H3N.H2O.O/h;1H3;1H2;/q+3;;;-2/p-1. The molecule has 0 aliphatic heterocycles. The Labute approximate surface area is 35.3 Å². The summed E-state index contributed by atoms with van der Waals surface area (Å²) in [5.41, 5.74) is 0. The molecule has 0 saturated heterocycles. The summed E-state index contributed by atoms with van der Waals surface area (Å²) in [7, 11) is 0. The molecule has 0 spiro atoms. The van der Waals surface area contributed by atoms with Crippen LogP contribution < -0.4 is 6.15 Å². The van der Waals surface area contributed by atoms with E-state index in [9.17, 15) is 0 Å². The normalized spacial score (nSPS) is 0. The minimum Gasteiger partial charge on any atom is -2.00 e. The maximum absolute atomic E-state index is 0. The van der Waals surface area contributed by atoms with Gasteiger partial charge in [0.15, 0.2) is 0 Å². The van der Waals surface area contributed by atoms with E-state index in [-0.39, 0.29) is 34.5 Å². The Morgan fingerprint density at radius 1 is 1.00 bits per heavy atom. The molecule has 0 aromatic heterocycles. The van der Waals surface area contributed by atoms with Crippen molar-refractivity contribution < 1.29 is 28.3 Å². The number of rotatable bonds is 0. The number of hydrogen-bond acceptors (Lipinski definition) is 2. The summed E-state index contributed by atoms with van der Waals surface area (Å²) < 4.78 is 0. The van der Waals surface area contributed by atoms with Crippen molar-refractivity contribution in [2.45, 2.75) is 0 Å². The van der Waals surface area contributed by atoms with E-state index in [0.717, 1.165) is 0 Å². The fraction of sp³-hybridized carbons (Fsp3) is 0. The second-order valence-corrected chi connectivity index (χ2v) is 0. The molecule has 0 aromatic rings. The summed E-state index contributed by atoms with van der Waals surface area (Å²) in [5, 5.41) is 0. The van der Waals surface area contributed by atoms with Gasteiger partial charge in [0.2, 0.25) is 0 Å². The zero-order chi connectivity index (χ0) is 0. The first-order valence-corrected chi connectivity index (χ1v) is 0. The topological polar surface area (TPSA) is 93.5 Å². The summed E-state index contributed by atoms with van der Waals surface area (Å²) in [4.78, 5) is 0.